The minimum atomic E-state index is -0.410. The standard InChI is InChI=1S/C16H10N2O4/c17-9-10-1-6-14-11(7-10)8-15(21-14)16(19)18-12-2-4-13(22-20)5-3-12/h1-8,20H,(H,18,19). The number of rotatable bonds is 3. The number of hydrogen-bond acceptors (Lipinski definition) is 5. The fraction of sp³-hybridized carbons (Fsp3) is 0. The van der Waals surface area contributed by atoms with Crippen molar-refractivity contribution in [2.45, 2.75) is 0 Å². The molecular weight excluding hydrogens is 284 g/mol. The molecule has 0 aliphatic rings. The average molecular weight is 294 g/mol. The van der Waals surface area contributed by atoms with Crippen molar-refractivity contribution >= 4 is 22.6 Å². The molecule has 6 heteroatoms. The van der Waals surface area contributed by atoms with Crippen LogP contribution < -0.4 is 10.2 Å². The minimum Gasteiger partial charge on any atom is -0.451 e. The smallest absolute Gasteiger partial charge is 0.291 e. The van der Waals surface area contributed by atoms with Gasteiger partial charge in [0.15, 0.2) is 11.5 Å². The molecule has 3 rings (SSSR count). The van der Waals surface area contributed by atoms with Crippen LogP contribution in [0.15, 0.2) is 52.9 Å². The third-order valence-electron chi connectivity index (χ3n) is 3.09. The van der Waals surface area contributed by atoms with Gasteiger partial charge in [-0.05, 0) is 48.5 Å². The van der Waals surface area contributed by atoms with Crippen molar-refractivity contribution in [2.75, 3.05) is 5.32 Å². The highest BCUT2D eigenvalue weighted by Gasteiger charge is 2.13. The summed E-state index contributed by atoms with van der Waals surface area (Å²) in [5.41, 5.74) is 1.57. The number of anilines is 1. The fourth-order valence-corrected chi connectivity index (χ4v) is 2.02. The lowest BCUT2D eigenvalue weighted by Crippen LogP contribution is -2.10. The average Bonchev–Trinajstić information content (AvgIpc) is 2.98. The molecule has 1 aromatic heterocycles. The van der Waals surface area contributed by atoms with Crippen LogP contribution in [0.2, 0.25) is 0 Å². The summed E-state index contributed by atoms with van der Waals surface area (Å²) in [7, 11) is 0. The van der Waals surface area contributed by atoms with E-state index in [-0.39, 0.29) is 11.5 Å². The monoisotopic (exact) mass is 294 g/mol. The molecule has 0 radical (unpaired) electrons. The first-order valence-corrected chi connectivity index (χ1v) is 6.36. The largest absolute Gasteiger partial charge is 0.451 e. The highest BCUT2D eigenvalue weighted by Crippen LogP contribution is 2.22. The van der Waals surface area contributed by atoms with Gasteiger partial charge < -0.3 is 14.6 Å². The molecule has 0 fully saturated rings. The van der Waals surface area contributed by atoms with Gasteiger partial charge >= 0.3 is 0 Å². The summed E-state index contributed by atoms with van der Waals surface area (Å²) in [5.74, 6) is 0.00529. The molecule has 0 spiro atoms. The second-order valence-corrected chi connectivity index (χ2v) is 4.54. The number of carbonyl (C=O) groups is 1. The van der Waals surface area contributed by atoms with Crippen molar-refractivity contribution in [3.8, 4) is 11.8 Å². The van der Waals surface area contributed by atoms with E-state index in [1.54, 1.807) is 36.4 Å². The Morgan fingerprint density at radius 3 is 2.64 bits per heavy atom. The summed E-state index contributed by atoms with van der Waals surface area (Å²) in [5, 5.41) is 20.7. The first-order valence-electron chi connectivity index (χ1n) is 6.36. The van der Waals surface area contributed by atoms with Gasteiger partial charge in [0.2, 0.25) is 0 Å². The van der Waals surface area contributed by atoms with Gasteiger partial charge in [-0.1, -0.05) is 0 Å². The molecule has 0 atom stereocenters. The lowest BCUT2D eigenvalue weighted by atomic mass is 10.2. The van der Waals surface area contributed by atoms with E-state index in [4.69, 9.17) is 14.9 Å². The van der Waals surface area contributed by atoms with Crippen LogP contribution >= 0.6 is 0 Å². The molecule has 108 valence electrons. The van der Waals surface area contributed by atoms with Crippen molar-refractivity contribution in [1.29, 1.82) is 5.26 Å². The van der Waals surface area contributed by atoms with E-state index in [2.05, 4.69) is 10.2 Å². The molecule has 2 N–H and O–H groups in total. The van der Waals surface area contributed by atoms with E-state index < -0.39 is 5.91 Å². The first-order chi connectivity index (χ1) is 10.7. The van der Waals surface area contributed by atoms with Gasteiger partial charge in [-0.2, -0.15) is 5.26 Å². The number of nitrogens with zero attached hydrogens (tertiary/aromatic N) is 1. The van der Waals surface area contributed by atoms with E-state index in [0.29, 0.717) is 22.2 Å². The molecule has 0 unspecified atom stereocenters. The number of benzene rings is 2. The molecule has 0 aliphatic carbocycles. The fourth-order valence-electron chi connectivity index (χ4n) is 2.02. The molecule has 0 aliphatic heterocycles. The molecule has 3 aromatic rings. The van der Waals surface area contributed by atoms with Crippen molar-refractivity contribution in [2.24, 2.45) is 0 Å². The van der Waals surface area contributed by atoms with E-state index in [0.717, 1.165) is 0 Å². The Hall–Kier alpha value is -3.30. The van der Waals surface area contributed by atoms with Crippen molar-refractivity contribution in [1.82, 2.24) is 0 Å². The van der Waals surface area contributed by atoms with Crippen LogP contribution in [0.1, 0.15) is 16.1 Å². The van der Waals surface area contributed by atoms with E-state index >= 15 is 0 Å². The molecule has 0 saturated heterocycles. The zero-order valence-electron chi connectivity index (χ0n) is 11.2. The molecule has 22 heavy (non-hydrogen) atoms. The van der Waals surface area contributed by atoms with E-state index in [9.17, 15) is 4.79 Å². The normalized spacial score (nSPS) is 10.2. The topological polar surface area (TPSA) is 95.5 Å². The van der Waals surface area contributed by atoms with Crippen molar-refractivity contribution in [3.63, 3.8) is 0 Å². The minimum absolute atomic E-state index is 0.146. The predicted octanol–water partition coefficient (Wildman–Crippen LogP) is 3.41. The van der Waals surface area contributed by atoms with Crippen LogP contribution in [-0.2, 0) is 0 Å². The van der Waals surface area contributed by atoms with Crippen molar-refractivity contribution in [3.05, 3.63) is 59.9 Å². The number of fused-ring (bicyclic) bond motifs is 1. The van der Waals surface area contributed by atoms with Crippen molar-refractivity contribution < 1.29 is 19.4 Å². The third-order valence-corrected chi connectivity index (χ3v) is 3.09. The Morgan fingerprint density at radius 1 is 1.18 bits per heavy atom. The quantitative estimate of drug-likeness (QED) is 0.570. The number of nitriles is 1. The Morgan fingerprint density at radius 2 is 1.95 bits per heavy atom. The second kappa shape index (κ2) is 5.60. The van der Waals surface area contributed by atoms with Gasteiger partial charge in [-0.15, -0.1) is 0 Å². The van der Waals surface area contributed by atoms with E-state index in [1.165, 1.54) is 12.1 Å². The molecule has 1 heterocycles. The lowest BCUT2D eigenvalue weighted by molar-refractivity contribution is -0.137. The van der Waals surface area contributed by atoms with Gasteiger partial charge in [0.05, 0.1) is 11.6 Å². The second-order valence-electron chi connectivity index (χ2n) is 4.54. The molecule has 2 aromatic carbocycles. The number of amides is 1. The maximum absolute atomic E-state index is 12.1. The molecular formula is C16H10N2O4. The van der Waals surface area contributed by atoms with Crippen LogP contribution in [0.3, 0.4) is 0 Å². The molecule has 0 saturated carbocycles. The van der Waals surface area contributed by atoms with Crippen LogP contribution in [0, 0.1) is 11.3 Å². The summed E-state index contributed by atoms with van der Waals surface area (Å²) >= 11 is 0. The maximum Gasteiger partial charge on any atom is 0.291 e. The van der Waals surface area contributed by atoms with Gasteiger partial charge in [0.1, 0.15) is 5.58 Å². The zero-order chi connectivity index (χ0) is 15.5. The van der Waals surface area contributed by atoms with Crippen LogP contribution in [-0.4, -0.2) is 11.2 Å². The van der Waals surface area contributed by atoms with Gasteiger partial charge in [-0.3, -0.25) is 4.79 Å². The van der Waals surface area contributed by atoms with Gasteiger partial charge in [-0.25, -0.2) is 5.26 Å². The predicted molar refractivity (Wildman–Crippen MR) is 78.6 cm³/mol. The Bertz CT molecular complexity index is 875. The third kappa shape index (κ3) is 2.61. The Balaban J connectivity index is 1.83. The first kappa shape index (κ1) is 13.7. The number of carbonyl (C=O) groups excluding carboxylic acids is 1. The summed E-state index contributed by atoms with van der Waals surface area (Å²) in [6.07, 6.45) is 0. The van der Waals surface area contributed by atoms with Gasteiger partial charge in [0.25, 0.3) is 5.91 Å². The summed E-state index contributed by atoms with van der Waals surface area (Å²) in [4.78, 5) is 16.2. The highest BCUT2D eigenvalue weighted by atomic mass is 17.1. The SMILES string of the molecule is N#Cc1ccc2oc(C(=O)Nc3ccc(OO)cc3)cc2c1. The zero-order valence-corrected chi connectivity index (χ0v) is 11.2. The number of furan rings is 1. The summed E-state index contributed by atoms with van der Waals surface area (Å²) in [6.45, 7) is 0. The molecule has 1 amide bonds. The maximum atomic E-state index is 12.1. The molecule has 6 nitrogen and oxygen atoms in total. The van der Waals surface area contributed by atoms with Crippen LogP contribution in [0.25, 0.3) is 11.0 Å². The number of hydrogen-bond donors (Lipinski definition) is 2. The highest BCUT2D eigenvalue weighted by molar-refractivity contribution is 6.04. The van der Waals surface area contributed by atoms with Crippen LogP contribution in [0.4, 0.5) is 5.69 Å². The Kier molecular flexibility index (Phi) is 3.48. The summed E-state index contributed by atoms with van der Waals surface area (Å²) in [6, 6.07) is 14.7. The molecule has 0 bridgehead atoms. The Labute approximate surface area is 125 Å². The summed E-state index contributed by atoms with van der Waals surface area (Å²) < 4.78 is 5.46. The number of nitrogens with one attached hydrogen (secondary N) is 1. The van der Waals surface area contributed by atoms with E-state index in [1.807, 2.05) is 6.07 Å². The van der Waals surface area contributed by atoms with Crippen LogP contribution in [0.5, 0.6) is 5.75 Å². The van der Waals surface area contributed by atoms with Gasteiger partial charge in [0, 0.05) is 11.1 Å². The lowest BCUT2D eigenvalue weighted by Gasteiger charge is -2.03.